The number of benzene rings is 1. The molecule has 7 heteroatoms. The van der Waals surface area contributed by atoms with Gasteiger partial charge in [-0.15, -0.1) is 0 Å². The van der Waals surface area contributed by atoms with Crippen LogP contribution in [0.4, 0.5) is 0 Å². The zero-order valence-electron chi connectivity index (χ0n) is 17.0. The molecule has 2 heterocycles. The summed E-state index contributed by atoms with van der Waals surface area (Å²) in [4.78, 5) is 39.3. The topological polar surface area (TPSA) is 85.6 Å². The lowest BCUT2D eigenvalue weighted by molar-refractivity contribution is -0.143. The van der Waals surface area contributed by atoms with Crippen molar-refractivity contribution in [3.05, 3.63) is 67.8 Å². The molecule has 1 aromatic heterocycles. The average molecular weight is 428 g/mol. The van der Waals surface area contributed by atoms with Crippen LogP contribution >= 0.6 is 11.6 Å². The molecule has 2 aromatic rings. The number of halogens is 1. The van der Waals surface area contributed by atoms with E-state index in [4.69, 9.17) is 20.8 Å². The summed E-state index contributed by atoms with van der Waals surface area (Å²) in [5.74, 6) is -1.49. The molecule has 0 spiro atoms. The van der Waals surface area contributed by atoms with Gasteiger partial charge in [-0.05, 0) is 51.8 Å². The monoisotopic (exact) mass is 427 g/mol. The van der Waals surface area contributed by atoms with Crippen molar-refractivity contribution >= 4 is 34.3 Å². The van der Waals surface area contributed by atoms with E-state index >= 15 is 0 Å². The molecule has 0 fully saturated rings. The molecule has 6 nitrogen and oxygen atoms in total. The maximum Gasteiger partial charge on any atom is 0.337 e. The van der Waals surface area contributed by atoms with E-state index in [0.29, 0.717) is 40.1 Å². The Kier molecular flexibility index (Phi) is 5.28. The molecule has 1 aliphatic carbocycles. The Hall–Kier alpha value is -2.86. The SMILES string of the molecule is CC1=C(C(=O)OC(C)C)[C@H](c2coc3ccc(Cl)cc3c2=O)C2=C(CCCC2=O)N1. The van der Waals surface area contributed by atoms with Gasteiger partial charge in [-0.25, -0.2) is 4.79 Å². The Morgan fingerprint density at radius 2 is 2.03 bits per heavy atom. The summed E-state index contributed by atoms with van der Waals surface area (Å²) >= 11 is 6.08. The van der Waals surface area contributed by atoms with E-state index < -0.39 is 11.9 Å². The van der Waals surface area contributed by atoms with Crippen molar-refractivity contribution in [2.75, 3.05) is 0 Å². The molecule has 4 rings (SSSR count). The zero-order chi connectivity index (χ0) is 21.6. The number of ketones is 1. The maximum absolute atomic E-state index is 13.4. The average Bonchev–Trinajstić information content (AvgIpc) is 2.67. The van der Waals surface area contributed by atoms with Crippen molar-refractivity contribution in [1.82, 2.24) is 5.32 Å². The highest BCUT2D eigenvalue weighted by molar-refractivity contribution is 6.31. The number of nitrogens with one attached hydrogen (secondary N) is 1. The van der Waals surface area contributed by atoms with Crippen molar-refractivity contribution in [1.29, 1.82) is 0 Å². The van der Waals surface area contributed by atoms with Crippen LogP contribution < -0.4 is 10.7 Å². The summed E-state index contributed by atoms with van der Waals surface area (Å²) in [6.07, 6.45) is 2.76. The van der Waals surface area contributed by atoms with Crippen LogP contribution in [0.25, 0.3) is 11.0 Å². The normalized spacial score (nSPS) is 19.2. The van der Waals surface area contributed by atoms with E-state index in [0.717, 1.165) is 12.1 Å². The summed E-state index contributed by atoms with van der Waals surface area (Å²) in [5.41, 5.74) is 2.31. The Bertz CT molecular complexity index is 1190. The minimum Gasteiger partial charge on any atom is -0.464 e. The minimum atomic E-state index is -0.847. The Labute approximate surface area is 178 Å². The quantitative estimate of drug-likeness (QED) is 0.732. The third-order valence-corrected chi connectivity index (χ3v) is 5.65. The number of allylic oxidation sites excluding steroid dienone is 3. The Balaban J connectivity index is 1.97. The first-order chi connectivity index (χ1) is 14.3. The van der Waals surface area contributed by atoms with E-state index in [2.05, 4.69) is 5.32 Å². The van der Waals surface area contributed by atoms with Crippen LogP contribution in [0.5, 0.6) is 0 Å². The molecular formula is C23H22ClNO5. The van der Waals surface area contributed by atoms with Gasteiger partial charge < -0.3 is 14.5 Å². The maximum atomic E-state index is 13.4. The molecule has 1 atom stereocenters. The van der Waals surface area contributed by atoms with Crippen LogP contribution in [0, 0.1) is 0 Å². The van der Waals surface area contributed by atoms with E-state index in [9.17, 15) is 14.4 Å². The standard InChI is InChI=1S/C23H22ClNO5/c1-11(2)30-23(28)19-12(3)25-16-5-4-6-17(26)21(16)20(19)15-10-29-18-8-7-13(24)9-14(18)22(15)27/h7-11,20,25H,4-6H2,1-3H3/t20-/m0/s1. The van der Waals surface area contributed by atoms with Crippen LogP contribution in [0.3, 0.4) is 0 Å². The van der Waals surface area contributed by atoms with Crippen LogP contribution in [0.1, 0.15) is 51.5 Å². The second kappa shape index (κ2) is 7.76. The molecule has 0 bridgehead atoms. The summed E-state index contributed by atoms with van der Waals surface area (Å²) in [7, 11) is 0. The molecular weight excluding hydrogens is 406 g/mol. The fourth-order valence-corrected chi connectivity index (χ4v) is 4.33. The van der Waals surface area contributed by atoms with Crippen molar-refractivity contribution in [3.63, 3.8) is 0 Å². The minimum absolute atomic E-state index is 0.0818. The van der Waals surface area contributed by atoms with Gasteiger partial charge in [-0.3, -0.25) is 9.59 Å². The van der Waals surface area contributed by atoms with Gasteiger partial charge >= 0.3 is 5.97 Å². The second-order valence-corrected chi connectivity index (χ2v) is 8.32. The molecule has 1 N–H and O–H groups in total. The zero-order valence-corrected chi connectivity index (χ0v) is 17.8. The number of dihydropyridines is 1. The van der Waals surface area contributed by atoms with Gasteiger partial charge in [-0.1, -0.05) is 11.6 Å². The first-order valence-electron chi connectivity index (χ1n) is 9.94. The van der Waals surface area contributed by atoms with Gasteiger partial charge in [-0.2, -0.15) is 0 Å². The van der Waals surface area contributed by atoms with Gasteiger partial charge in [0.05, 0.1) is 29.2 Å². The van der Waals surface area contributed by atoms with Crippen LogP contribution in [0.15, 0.2) is 56.2 Å². The lowest BCUT2D eigenvalue weighted by Gasteiger charge is -2.33. The Morgan fingerprint density at radius 1 is 1.27 bits per heavy atom. The highest BCUT2D eigenvalue weighted by Crippen LogP contribution is 2.42. The third-order valence-electron chi connectivity index (χ3n) is 5.41. The first kappa shape index (κ1) is 20.4. The number of hydrogen-bond acceptors (Lipinski definition) is 6. The van der Waals surface area contributed by atoms with E-state index in [-0.39, 0.29) is 28.5 Å². The number of ether oxygens (including phenoxy) is 1. The lowest BCUT2D eigenvalue weighted by Crippen LogP contribution is -2.36. The summed E-state index contributed by atoms with van der Waals surface area (Å²) < 4.78 is 11.2. The van der Waals surface area contributed by atoms with Crippen molar-refractivity contribution in [2.24, 2.45) is 0 Å². The highest BCUT2D eigenvalue weighted by Gasteiger charge is 2.40. The van der Waals surface area contributed by atoms with E-state index in [1.165, 1.54) is 12.3 Å². The van der Waals surface area contributed by atoms with E-state index in [1.54, 1.807) is 32.9 Å². The molecule has 0 saturated heterocycles. The molecule has 1 aromatic carbocycles. The van der Waals surface area contributed by atoms with Crippen LogP contribution in [-0.2, 0) is 14.3 Å². The lowest BCUT2D eigenvalue weighted by atomic mass is 9.75. The molecule has 0 unspecified atom stereocenters. The molecule has 2 aliphatic rings. The molecule has 0 radical (unpaired) electrons. The van der Waals surface area contributed by atoms with Crippen molar-refractivity contribution in [2.45, 2.75) is 52.1 Å². The molecule has 0 amide bonds. The second-order valence-electron chi connectivity index (χ2n) is 7.88. The van der Waals surface area contributed by atoms with Crippen molar-refractivity contribution in [3.8, 4) is 0 Å². The smallest absolute Gasteiger partial charge is 0.337 e. The number of Topliss-reactive ketones (excluding diaryl/α,β-unsaturated/α-hetero) is 1. The number of carbonyl (C=O) groups excluding carboxylic acids is 2. The van der Waals surface area contributed by atoms with Gasteiger partial charge in [0.15, 0.2) is 11.2 Å². The van der Waals surface area contributed by atoms with Crippen molar-refractivity contribution < 1.29 is 18.7 Å². The largest absolute Gasteiger partial charge is 0.464 e. The molecule has 156 valence electrons. The summed E-state index contributed by atoms with van der Waals surface area (Å²) in [6, 6.07) is 4.79. The van der Waals surface area contributed by atoms with Crippen LogP contribution in [0.2, 0.25) is 5.02 Å². The summed E-state index contributed by atoms with van der Waals surface area (Å²) in [5, 5.41) is 3.91. The fourth-order valence-electron chi connectivity index (χ4n) is 4.16. The Morgan fingerprint density at radius 3 is 2.77 bits per heavy atom. The van der Waals surface area contributed by atoms with Gasteiger partial charge in [0.25, 0.3) is 0 Å². The number of carbonyl (C=O) groups is 2. The predicted octanol–water partition coefficient (Wildman–Crippen LogP) is 4.37. The highest BCUT2D eigenvalue weighted by atomic mass is 35.5. The number of hydrogen-bond donors (Lipinski definition) is 1. The number of rotatable bonds is 3. The van der Waals surface area contributed by atoms with Crippen LogP contribution in [-0.4, -0.2) is 17.9 Å². The molecule has 0 saturated carbocycles. The van der Waals surface area contributed by atoms with Gasteiger partial charge in [0.1, 0.15) is 5.58 Å². The van der Waals surface area contributed by atoms with Gasteiger partial charge in [0.2, 0.25) is 0 Å². The number of esters is 1. The fraction of sp³-hybridized carbons (Fsp3) is 0.348. The molecule has 1 aliphatic heterocycles. The van der Waals surface area contributed by atoms with Gasteiger partial charge in [0, 0.05) is 34.0 Å². The van der Waals surface area contributed by atoms with E-state index in [1.807, 2.05) is 0 Å². The number of fused-ring (bicyclic) bond motifs is 1. The third kappa shape index (κ3) is 3.45. The first-order valence-corrected chi connectivity index (χ1v) is 10.3. The summed E-state index contributed by atoms with van der Waals surface area (Å²) in [6.45, 7) is 5.26. The molecule has 30 heavy (non-hydrogen) atoms. The predicted molar refractivity (Wildman–Crippen MR) is 113 cm³/mol.